The summed E-state index contributed by atoms with van der Waals surface area (Å²) in [6.07, 6.45) is 2.60. The van der Waals surface area contributed by atoms with E-state index in [9.17, 15) is 4.79 Å². The molecule has 4 rings (SSSR count). The summed E-state index contributed by atoms with van der Waals surface area (Å²) < 4.78 is 5.64. The summed E-state index contributed by atoms with van der Waals surface area (Å²) in [6.45, 7) is 5.99. The van der Waals surface area contributed by atoms with Crippen LogP contribution in [0.5, 0.6) is 0 Å². The van der Waals surface area contributed by atoms with Gasteiger partial charge in [0, 0.05) is 51.1 Å². The van der Waals surface area contributed by atoms with E-state index in [4.69, 9.17) is 5.10 Å². The van der Waals surface area contributed by atoms with E-state index in [0.29, 0.717) is 18.8 Å². The lowest BCUT2D eigenvalue weighted by Crippen LogP contribution is -2.36. The summed E-state index contributed by atoms with van der Waals surface area (Å²) in [5.74, 6) is 1.61. The van der Waals surface area contributed by atoms with Crippen LogP contribution in [0.15, 0.2) is 17.4 Å². The third-order valence-corrected chi connectivity index (χ3v) is 5.94. The van der Waals surface area contributed by atoms with Crippen LogP contribution in [0.4, 0.5) is 0 Å². The molecule has 0 N–H and O–H groups in total. The zero-order valence-corrected chi connectivity index (χ0v) is 17.4. The first-order valence-electron chi connectivity index (χ1n) is 9.43. The molecule has 148 valence electrons. The molecule has 0 fully saturated rings. The van der Waals surface area contributed by atoms with Gasteiger partial charge in [0.25, 0.3) is 5.91 Å². The summed E-state index contributed by atoms with van der Waals surface area (Å²) in [6, 6.07) is 1.78. The lowest BCUT2D eigenvalue weighted by Gasteiger charge is -2.27. The number of rotatable bonds is 5. The number of aromatic nitrogens is 7. The van der Waals surface area contributed by atoms with E-state index in [-0.39, 0.29) is 5.91 Å². The third kappa shape index (κ3) is 3.11. The highest BCUT2D eigenvalue weighted by atomic mass is 32.2. The zero-order chi connectivity index (χ0) is 19.8. The molecule has 9 nitrogen and oxygen atoms in total. The van der Waals surface area contributed by atoms with Crippen molar-refractivity contribution >= 4 is 17.7 Å². The van der Waals surface area contributed by atoms with Gasteiger partial charge in [-0.2, -0.15) is 10.2 Å². The monoisotopic (exact) mass is 400 g/mol. The molecule has 0 radical (unpaired) electrons. The van der Waals surface area contributed by atoms with E-state index >= 15 is 0 Å². The minimum Gasteiger partial charge on any atom is -0.332 e. The molecule has 0 atom stereocenters. The number of hydrogen-bond donors (Lipinski definition) is 0. The minimum atomic E-state index is -0.0483. The molecule has 10 heteroatoms. The Morgan fingerprint density at radius 1 is 1.21 bits per heavy atom. The first-order chi connectivity index (χ1) is 13.5. The van der Waals surface area contributed by atoms with Gasteiger partial charge in [-0.25, -0.2) is 0 Å². The molecule has 0 saturated heterocycles. The molecule has 0 bridgehead atoms. The zero-order valence-electron chi connectivity index (χ0n) is 16.6. The van der Waals surface area contributed by atoms with Gasteiger partial charge in [-0.15, -0.1) is 10.2 Å². The quantitative estimate of drug-likeness (QED) is 0.607. The van der Waals surface area contributed by atoms with Gasteiger partial charge in [0.2, 0.25) is 0 Å². The maximum Gasteiger partial charge on any atom is 0.274 e. The van der Waals surface area contributed by atoms with Crippen molar-refractivity contribution in [2.24, 2.45) is 14.1 Å². The first kappa shape index (κ1) is 18.7. The number of thioether (sulfide) groups is 1. The Balaban J connectivity index is 1.66. The van der Waals surface area contributed by atoms with Crippen LogP contribution in [-0.4, -0.2) is 57.4 Å². The number of fused-ring (bicyclic) bond motifs is 1. The van der Waals surface area contributed by atoms with Gasteiger partial charge in [0.05, 0.1) is 6.54 Å². The minimum absolute atomic E-state index is 0.0483. The van der Waals surface area contributed by atoms with E-state index in [1.54, 1.807) is 22.5 Å². The lowest BCUT2D eigenvalue weighted by atomic mass is 10.0. The van der Waals surface area contributed by atoms with E-state index in [1.165, 1.54) is 0 Å². The fraction of sp³-hybridized carbons (Fsp3) is 0.500. The SMILES string of the molecule is CCSc1nnc(-c2nn(C)c3c2CN(C(=O)c2ccn(CC)n2)CC3)n1C. The highest BCUT2D eigenvalue weighted by Gasteiger charge is 2.30. The first-order valence-corrected chi connectivity index (χ1v) is 10.4. The van der Waals surface area contributed by atoms with Crippen molar-refractivity contribution in [1.82, 2.24) is 39.2 Å². The van der Waals surface area contributed by atoms with Crippen molar-refractivity contribution in [3.63, 3.8) is 0 Å². The maximum atomic E-state index is 12.9. The molecular weight excluding hydrogens is 376 g/mol. The molecule has 4 heterocycles. The molecule has 0 saturated carbocycles. The molecule has 3 aromatic rings. The Bertz CT molecular complexity index is 1020. The Morgan fingerprint density at radius 2 is 2.04 bits per heavy atom. The average Bonchev–Trinajstić information content (AvgIpc) is 3.40. The van der Waals surface area contributed by atoms with Crippen LogP contribution in [0, 0.1) is 0 Å². The number of carbonyl (C=O) groups excluding carboxylic acids is 1. The molecule has 3 aromatic heterocycles. The van der Waals surface area contributed by atoms with Gasteiger partial charge < -0.3 is 9.47 Å². The molecule has 0 aliphatic carbocycles. The second-order valence-corrected chi connectivity index (χ2v) is 7.96. The van der Waals surface area contributed by atoms with Crippen molar-refractivity contribution in [1.29, 1.82) is 0 Å². The summed E-state index contributed by atoms with van der Waals surface area (Å²) in [5, 5.41) is 18.6. The largest absolute Gasteiger partial charge is 0.332 e. The van der Waals surface area contributed by atoms with Crippen LogP contribution in [-0.2, 0) is 33.6 Å². The third-order valence-electron chi connectivity index (χ3n) is 5.03. The van der Waals surface area contributed by atoms with E-state index < -0.39 is 0 Å². The van der Waals surface area contributed by atoms with Crippen LogP contribution < -0.4 is 0 Å². The van der Waals surface area contributed by atoms with Gasteiger partial charge >= 0.3 is 0 Å². The van der Waals surface area contributed by atoms with Gasteiger partial charge in [0.15, 0.2) is 11.0 Å². The molecule has 28 heavy (non-hydrogen) atoms. The van der Waals surface area contributed by atoms with Crippen molar-refractivity contribution in [3.05, 3.63) is 29.2 Å². The van der Waals surface area contributed by atoms with E-state index in [0.717, 1.165) is 46.7 Å². The van der Waals surface area contributed by atoms with E-state index in [1.807, 2.05) is 41.4 Å². The Hall–Kier alpha value is -2.62. The number of hydrogen-bond acceptors (Lipinski definition) is 6. The highest BCUT2D eigenvalue weighted by Crippen LogP contribution is 2.30. The van der Waals surface area contributed by atoms with Gasteiger partial charge in [-0.1, -0.05) is 18.7 Å². The average molecular weight is 401 g/mol. The van der Waals surface area contributed by atoms with Gasteiger partial charge in [0.1, 0.15) is 11.4 Å². The fourth-order valence-corrected chi connectivity index (χ4v) is 4.17. The molecule has 1 aliphatic heterocycles. The lowest BCUT2D eigenvalue weighted by molar-refractivity contribution is 0.0726. The number of aryl methyl sites for hydroxylation is 2. The van der Waals surface area contributed by atoms with Crippen LogP contribution in [0.2, 0.25) is 0 Å². The van der Waals surface area contributed by atoms with Crippen molar-refractivity contribution < 1.29 is 4.79 Å². The number of carbonyl (C=O) groups is 1. The second kappa shape index (κ2) is 7.42. The number of nitrogens with zero attached hydrogens (tertiary/aromatic N) is 8. The van der Waals surface area contributed by atoms with Crippen LogP contribution in [0.1, 0.15) is 35.6 Å². The number of amides is 1. The molecular formula is C18H24N8OS. The fourth-order valence-electron chi connectivity index (χ4n) is 3.54. The van der Waals surface area contributed by atoms with Crippen molar-refractivity contribution in [2.45, 2.75) is 38.5 Å². The predicted molar refractivity (Wildman–Crippen MR) is 106 cm³/mol. The second-order valence-electron chi connectivity index (χ2n) is 6.73. The molecule has 1 amide bonds. The van der Waals surface area contributed by atoms with Crippen LogP contribution >= 0.6 is 11.8 Å². The molecule has 1 aliphatic rings. The molecule has 0 spiro atoms. The van der Waals surface area contributed by atoms with Crippen LogP contribution in [0.25, 0.3) is 11.5 Å². The van der Waals surface area contributed by atoms with Crippen LogP contribution in [0.3, 0.4) is 0 Å². The van der Waals surface area contributed by atoms with Crippen molar-refractivity contribution in [3.8, 4) is 11.5 Å². The Kier molecular flexibility index (Phi) is 4.96. The topological polar surface area (TPSA) is 86.7 Å². The Morgan fingerprint density at radius 3 is 2.75 bits per heavy atom. The standard InChI is InChI=1S/C18H24N8OS/c1-5-26-10-7-13(21-26)17(27)25-9-8-14-12(11-25)15(22-24(14)4)16-19-20-18(23(16)3)28-6-2/h7,10H,5-6,8-9,11H2,1-4H3. The highest BCUT2D eigenvalue weighted by molar-refractivity contribution is 7.99. The van der Waals surface area contributed by atoms with E-state index in [2.05, 4.69) is 22.2 Å². The summed E-state index contributed by atoms with van der Waals surface area (Å²) in [7, 11) is 3.90. The summed E-state index contributed by atoms with van der Waals surface area (Å²) >= 11 is 1.65. The predicted octanol–water partition coefficient (Wildman–Crippen LogP) is 1.74. The summed E-state index contributed by atoms with van der Waals surface area (Å²) in [5.41, 5.74) is 3.47. The Labute approximate surface area is 167 Å². The molecule has 0 aromatic carbocycles. The smallest absolute Gasteiger partial charge is 0.274 e. The normalized spacial score (nSPS) is 13.8. The van der Waals surface area contributed by atoms with Gasteiger partial charge in [-0.05, 0) is 18.7 Å². The van der Waals surface area contributed by atoms with Gasteiger partial charge in [-0.3, -0.25) is 14.2 Å². The van der Waals surface area contributed by atoms with Crippen molar-refractivity contribution in [2.75, 3.05) is 12.3 Å². The molecule has 0 unspecified atom stereocenters. The summed E-state index contributed by atoms with van der Waals surface area (Å²) in [4.78, 5) is 14.8. The maximum absolute atomic E-state index is 12.9.